The monoisotopic (exact) mass is 707 g/mol. The summed E-state index contributed by atoms with van der Waals surface area (Å²) in [5, 5.41) is 19.7. The van der Waals surface area contributed by atoms with Crippen molar-refractivity contribution in [3.8, 4) is 11.5 Å². The molecule has 3 aliphatic rings. The van der Waals surface area contributed by atoms with Crippen LogP contribution >= 0.6 is 23.4 Å². The van der Waals surface area contributed by atoms with Crippen LogP contribution in [0.2, 0.25) is 5.02 Å². The minimum Gasteiger partial charge on any atom is -0.480 e. The predicted molar refractivity (Wildman–Crippen MR) is 184 cm³/mol. The number of imidazole rings is 1. The van der Waals surface area contributed by atoms with E-state index in [2.05, 4.69) is 20.5 Å². The molecule has 4 aromatic rings. The summed E-state index contributed by atoms with van der Waals surface area (Å²) in [5.41, 5.74) is 9.86. The van der Waals surface area contributed by atoms with Crippen LogP contribution < -0.4 is 15.2 Å². The number of likely N-dealkylation sites (tertiary alicyclic amines) is 1. The van der Waals surface area contributed by atoms with Crippen molar-refractivity contribution >= 4 is 46.3 Å². The Morgan fingerprint density at radius 1 is 1.14 bits per heavy atom. The van der Waals surface area contributed by atoms with Crippen LogP contribution in [0.4, 0.5) is 0 Å². The lowest BCUT2D eigenvalue weighted by molar-refractivity contribution is -0.137. The van der Waals surface area contributed by atoms with E-state index in [9.17, 15) is 19.8 Å². The van der Waals surface area contributed by atoms with Crippen molar-refractivity contribution in [2.45, 2.75) is 68.9 Å². The number of aromatic nitrogens is 3. The quantitative estimate of drug-likeness (QED) is 0.176. The number of hydrogen-bond donors (Lipinski definition) is 3. The Hall–Kier alpha value is -3.88. The topological polar surface area (TPSA) is 162 Å². The van der Waals surface area contributed by atoms with Gasteiger partial charge in [-0.05, 0) is 74.2 Å². The lowest BCUT2D eigenvalue weighted by atomic mass is 9.88. The highest BCUT2D eigenvalue weighted by atomic mass is 35.5. The molecule has 0 amide bonds. The summed E-state index contributed by atoms with van der Waals surface area (Å²) < 4.78 is 20.7. The van der Waals surface area contributed by atoms with Crippen molar-refractivity contribution in [2.24, 2.45) is 5.73 Å². The lowest BCUT2D eigenvalue weighted by Crippen LogP contribution is -2.35. The van der Waals surface area contributed by atoms with Gasteiger partial charge in [0.25, 0.3) is 5.79 Å². The number of carbonyl (C=O) groups is 2. The highest BCUT2D eigenvalue weighted by Crippen LogP contribution is 2.49. The Bertz CT molecular complexity index is 1880. The Labute approximate surface area is 292 Å². The van der Waals surface area contributed by atoms with E-state index < -0.39 is 23.8 Å². The van der Waals surface area contributed by atoms with E-state index in [1.54, 1.807) is 24.4 Å². The maximum atomic E-state index is 12.1. The number of aromatic carboxylic acids is 1. The normalized spacial score (nSPS) is 21.5. The molecule has 2 aromatic carbocycles. The maximum Gasteiger partial charge on any atom is 0.335 e. The van der Waals surface area contributed by atoms with Gasteiger partial charge in [-0.1, -0.05) is 23.7 Å². The second kappa shape index (κ2) is 13.8. The average Bonchev–Trinajstić information content (AvgIpc) is 3.60. The van der Waals surface area contributed by atoms with Crippen molar-refractivity contribution in [3.05, 3.63) is 81.9 Å². The van der Waals surface area contributed by atoms with E-state index in [4.69, 9.17) is 36.5 Å². The first-order valence-corrected chi connectivity index (χ1v) is 17.9. The molecule has 3 atom stereocenters. The summed E-state index contributed by atoms with van der Waals surface area (Å²) in [5.74, 6) is 0.0219. The van der Waals surface area contributed by atoms with Crippen LogP contribution in [0.25, 0.3) is 11.0 Å². The third-order valence-electron chi connectivity index (χ3n) is 9.51. The third kappa shape index (κ3) is 6.95. The van der Waals surface area contributed by atoms with Gasteiger partial charge in [0.1, 0.15) is 17.6 Å². The molecular weight excluding hydrogens is 670 g/mol. The molecule has 3 aliphatic heterocycles. The van der Waals surface area contributed by atoms with Crippen molar-refractivity contribution in [1.29, 1.82) is 0 Å². The minimum absolute atomic E-state index is 0.0397. The smallest absolute Gasteiger partial charge is 0.335 e. The first-order valence-electron chi connectivity index (χ1n) is 16.4. The maximum absolute atomic E-state index is 12.1. The Balaban J connectivity index is 1.10. The van der Waals surface area contributed by atoms with Gasteiger partial charge in [0.15, 0.2) is 11.5 Å². The molecule has 0 unspecified atom stereocenters. The molecule has 0 spiro atoms. The van der Waals surface area contributed by atoms with Crippen LogP contribution in [0.1, 0.15) is 65.1 Å². The molecule has 12 nitrogen and oxygen atoms in total. The molecule has 14 heteroatoms. The number of carboxylic acids is 2. The van der Waals surface area contributed by atoms with E-state index in [-0.39, 0.29) is 23.3 Å². The zero-order valence-electron chi connectivity index (χ0n) is 27.0. The Kier molecular flexibility index (Phi) is 9.46. The number of benzene rings is 2. The largest absolute Gasteiger partial charge is 0.480 e. The van der Waals surface area contributed by atoms with E-state index in [1.807, 2.05) is 25.1 Å². The van der Waals surface area contributed by atoms with Gasteiger partial charge in [0, 0.05) is 36.8 Å². The lowest BCUT2D eigenvalue weighted by Gasteiger charge is -2.33. The van der Waals surface area contributed by atoms with Crippen LogP contribution in [0, 0.1) is 0 Å². The number of ether oxygens (including phenoxy) is 3. The summed E-state index contributed by atoms with van der Waals surface area (Å²) >= 11 is 7.42. The second-order valence-corrected chi connectivity index (χ2v) is 14.4. The van der Waals surface area contributed by atoms with Crippen LogP contribution in [-0.4, -0.2) is 79.2 Å². The molecule has 5 heterocycles. The fraction of sp³-hybridized carbons (Fsp3) is 0.429. The van der Waals surface area contributed by atoms with Gasteiger partial charge < -0.3 is 34.7 Å². The molecule has 2 saturated heterocycles. The number of piperidine rings is 1. The summed E-state index contributed by atoms with van der Waals surface area (Å²) in [6.45, 7) is 5.43. The molecule has 49 heavy (non-hydrogen) atoms. The second-order valence-electron chi connectivity index (χ2n) is 12.9. The molecule has 0 bridgehead atoms. The molecule has 0 radical (unpaired) electrons. The van der Waals surface area contributed by atoms with Gasteiger partial charge in [0.05, 0.1) is 40.8 Å². The molecule has 2 aromatic heterocycles. The number of rotatable bonds is 12. The number of fused-ring (bicyclic) bond motifs is 2. The number of nitrogens with two attached hydrogens (primary N) is 1. The SMILES string of the molecule is C[C@]1(c2ccc(Cl)cn2)Oc2cccc(C3CCN(Cc4nc5c(CSC[C@H](N)C(=O)O)cc(C(=O)O)cc5n4C[C@@H]4CCO4)CC3)c2O1. The van der Waals surface area contributed by atoms with E-state index in [0.717, 1.165) is 66.1 Å². The van der Waals surface area contributed by atoms with Gasteiger partial charge >= 0.3 is 11.9 Å². The van der Waals surface area contributed by atoms with Crippen LogP contribution in [0.15, 0.2) is 48.7 Å². The number of thioether (sulfide) groups is 1. The number of para-hydroxylation sites is 1. The molecular formula is C35H38ClN5O7S. The molecule has 0 aliphatic carbocycles. The summed E-state index contributed by atoms with van der Waals surface area (Å²) in [6, 6.07) is 12.0. The van der Waals surface area contributed by atoms with Crippen molar-refractivity contribution < 1.29 is 34.0 Å². The first-order chi connectivity index (χ1) is 23.6. The fourth-order valence-corrected chi connectivity index (χ4v) is 7.78. The average molecular weight is 708 g/mol. The number of carboxylic acid groups (broad SMARTS) is 2. The highest BCUT2D eigenvalue weighted by Gasteiger charge is 2.42. The van der Waals surface area contributed by atoms with Crippen LogP contribution in [-0.2, 0) is 34.2 Å². The molecule has 4 N–H and O–H groups in total. The van der Waals surface area contributed by atoms with Gasteiger partial charge in [-0.25, -0.2) is 9.78 Å². The molecule has 7 rings (SSSR count). The predicted octanol–water partition coefficient (Wildman–Crippen LogP) is 5.24. The number of hydrogen-bond acceptors (Lipinski definition) is 10. The van der Waals surface area contributed by atoms with Gasteiger partial charge in [-0.2, -0.15) is 11.8 Å². The van der Waals surface area contributed by atoms with Gasteiger partial charge in [-0.15, -0.1) is 0 Å². The standard InChI is InChI=1S/C35H38ClN5O7S/c1-35(29-6-5-23(36)15-38-29)47-28-4-2-3-25(32(28)48-35)20-7-10-40(11-8-20)17-30-39-31-22(18-49-19-26(37)34(44)45)13-21(33(42)43)14-27(31)41(30)16-24-9-12-46-24/h2-6,13-15,20,24,26H,7-12,16-19,37H2,1H3,(H,42,43)(H,44,45)/t24-,26-,35-/m0/s1. The van der Waals surface area contributed by atoms with Gasteiger partial charge in [-0.3, -0.25) is 14.7 Å². The van der Waals surface area contributed by atoms with E-state index >= 15 is 0 Å². The molecule has 2 fully saturated rings. The highest BCUT2D eigenvalue weighted by molar-refractivity contribution is 7.98. The van der Waals surface area contributed by atoms with Crippen molar-refractivity contribution in [1.82, 2.24) is 19.4 Å². The number of nitrogens with zero attached hydrogens (tertiary/aromatic N) is 4. The minimum atomic E-state index is -1.07. The van der Waals surface area contributed by atoms with E-state index in [1.165, 1.54) is 11.8 Å². The fourth-order valence-electron chi connectivity index (χ4n) is 6.72. The summed E-state index contributed by atoms with van der Waals surface area (Å²) in [4.78, 5) is 35.3. The number of pyridine rings is 1. The zero-order chi connectivity index (χ0) is 34.3. The third-order valence-corrected chi connectivity index (χ3v) is 10.8. The van der Waals surface area contributed by atoms with Gasteiger partial charge in [0.2, 0.25) is 0 Å². The summed E-state index contributed by atoms with van der Waals surface area (Å²) in [7, 11) is 0. The Morgan fingerprint density at radius 2 is 1.94 bits per heavy atom. The number of aliphatic carboxylic acids is 1. The van der Waals surface area contributed by atoms with E-state index in [0.29, 0.717) is 41.9 Å². The van der Waals surface area contributed by atoms with Crippen LogP contribution in [0.3, 0.4) is 0 Å². The molecule has 258 valence electrons. The van der Waals surface area contributed by atoms with Crippen LogP contribution in [0.5, 0.6) is 11.5 Å². The summed E-state index contributed by atoms with van der Waals surface area (Å²) in [6.07, 6.45) is 4.38. The van der Waals surface area contributed by atoms with Crippen molar-refractivity contribution in [3.63, 3.8) is 0 Å². The first kappa shape index (κ1) is 33.6. The molecule has 0 saturated carbocycles. The number of halogens is 1. The Morgan fingerprint density at radius 3 is 2.61 bits per heavy atom. The zero-order valence-corrected chi connectivity index (χ0v) is 28.6. The van der Waals surface area contributed by atoms with Crippen molar-refractivity contribution in [2.75, 3.05) is 25.4 Å².